The van der Waals surface area contributed by atoms with Crippen LogP contribution in [0.4, 0.5) is 10.5 Å². The summed E-state index contributed by atoms with van der Waals surface area (Å²) in [5.74, 6) is 0.202. The van der Waals surface area contributed by atoms with Crippen LogP contribution >= 0.6 is 23.2 Å². The van der Waals surface area contributed by atoms with Crippen molar-refractivity contribution in [2.45, 2.75) is 26.4 Å². The van der Waals surface area contributed by atoms with E-state index >= 15 is 0 Å². The highest BCUT2D eigenvalue weighted by Gasteiger charge is 2.08. The molecule has 1 aromatic rings. The lowest BCUT2D eigenvalue weighted by atomic mass is 10.1. The second kappa shape index (κ2) is 7.58. The number of hydrogen-bond donors (Lipinski definition) is 3. The molecule has 2 unspecified atom stereocenters. The molecule has 1 aromatic carbocycles. The minimum atomic E-state index is -0.369. The van der Waals surface area contributed by atoms with Crippen molar-refractivity contribution in [3.8, 4) is 0 Å². The quantitative estimate of drug-likeness (QED) is 0.779. The van der Waals surface area contributed by atoms with Crippen LogP contribution < -0.4 is 10.6 Å². The van der Waals surface area contributed by atoms with Gasteiger partial charge >= 0.3 is 6.03 Å². The third-order valence-electron chi connectivity index (χ3n) is 2.47. The molecule has 3 N–H and O–H groups in total. The van der Waals surface area contributed by atoms with E-state index in [0.717, 1.165) is 0 Å². The van der Waals surface area contributed by atoms with E-state index in [-0.39, 0.29) is 18.1 Å². The highest BCUT2D eigenvalue weighted by Crippen LogP contribution is 2.22. The van der Waals surface area contributed by atoms with E-state index in [4.69, 9.17) is 23.2 Å². The third-order valence-corrected chi connectivity index (χ3v) is 2.91. The topological polar surface area (TPSA) is 61.4 Å². The number of rotatable bonds is 5. The summed E-state index contributed by atoms with van der Waals surface area (Å²) in [6, 6.07) is 4.51. The van der Waals surface area contributed by atoms with Crippen LogP contribution in [0.3, 0.4) is 0 Å². The lowest BCUT2D eigenvalue weighted by Gasteiger charge is -2.14. The van der Waals surface area contributed by atoms with Gasteiger partial charge in [0.05, 0.1) is 6.10 Å². The van der Waals surface area contributed by atoms with Gasteiger partial charge in [-0.25, -0.2) is 4.79 Å². The summed E-state index contributed by atoms with van der Waals surface area (Å²) in [6.07, 6.45) is 0.273. The van der Waals surface area contributed by atoms with Crippen LogP contribution in [0.5, 0.6) is 0 Å². The van der Waals surface area contributed by atoms with Gasteiger partial charge in [-0.15, -0.1) is 0 Å². The third kappa shape index (κ3) is 6.66. The fourth-order valence-corrected chi connectivity index (χ4v) is 2.26. The molecule has 1 rings (SSSR count). The SMILES string of the molecule is CC(O)CC(C)CNC(=O)Nc1cc(Cl)cc(Cl)c1. The number of carbonyl (C=O) groups excluding carboxylic acids is 1. The van der Waals surface area contributed by atoms with E-state index in [1.807, 2.05) is 6.92 Å². The van der Waals surface area contributed by atoms with Gasteiger partial charge in [-0.1, -0.05) is 30.1 Å². The number of hydrogen-bond acceptors (Lipinski definition) is 2. The molecule has 4 nitrogen and oxygen atoms in total. The summed E-state index contributed by atoms with van der Waals surface area (Å²) in [6.45, 7) is 4.18. The molecule has 2 atom stereocenters. The summed E-state index contributed by atoms with van der Waals surface area (Å²) in [4.78, 5) is 11.7. The molecule has 0 radical (unpaired) electrons. The highest BCUT2D eigenvalue weighted by molar-refractivity contribution is 6.35. The number of urea groups is 1. The molecule has 2 amide bonds. The molecular weight excluding hydrogens is 287 g/mol. The molecule has 0 heterocycles. The van der Waals surface area contributed by atoms with E-state index < -0.39 is 0 Å². The van der Waals surface area contributed by atoms with E-state index in [1.165, 1.54) is 0 Å². The van der Waals surface area contributed by atoms with E-state index in [0.29, 0.717) is 28.7 Å². The molecule has 0 aromatic heterocycles. The number of aliphatic hydroxyl groups is 1. The summed E-state index contributed by atoms with van der Waals surface area (Å²) in [7, 11) is 0. The lowest BCUT2D eigenvalue weighted by molar-refractivity contribution is 0.163. The monoisotopic (exact) mass is 304 g/mol. The van der Waals surface area contributed by atoms with Crippen LogP contribution in [0.25, 0.3) is 0 Å². The molecule has 0 spiro atoms. The molecule has 0 saturated heterocycles. The normalized spacial score (nSPS) is 13.7. The predicted octanol–water partition coefficient (Wildman–Crippen LogP) is 3.52. The number of carbonyl (C=O) groups is 1. The Bertz CT molecular complexity index is 418. The van der Waals surface area contributed by atoms with Gasteiger partial charge in [0.15, 0.2) is 0 Å². The molecule has 19 heavy (non-hydrogen) atoms. The van der Waals surface area contributed by atoms with Gasteiger partial charge < -0.3 is 15.7 Å². The van der Waals surface area contributed by atoms with Gasteiger partial charge in [-0.3, -0.25) is 0 Å². The van der Waals surface area contributed by atoms with Crippen molar-refractivity contribution in [3.05, 3.63) is 28.2 Å². The zero-order valence-corrected chi connectivity index (χ0v) is 12.4. The van der Waals surface area contributed by atoms with Gasteiger partial charge in [-0.05, 0) is 37.5 Å². The first-order valence-electron chi connectivity index (χ1n) is 6.06. The smallest absolute Gasteiger partial charge is 0.319 e. The van der Waals surface area contributed by atoms with Crippen LogP contribution in [0.2, 0.25) is 10.0 Å². The maximum atomic E-state index is 11.7. The van der Waals surface area contributed by atoms with Gasteiger partial charge in [0.25, 0.3) is 0 Å². The molecule has 0 aliphatic carbocycles. The Morgan fingerprint density at radius 3 is 2.37 bits per heavy atom. The zero-order valence-electron chi connectivity index (χ0n) is 10.9. The molecule has 0 aliphatic heterocycles. The Morgan fingerprint density at radius 2 is 1.84 bits per heavy atom. The van der Waals surface area contributed by atoms with Gasteiger partial charge in [0, 0.05) is 22.3 Å². The second-order valence-corrected chi connectivity index (χ2v) is 5.56. The van der Waals surface area contributed by atoms with E-state index in [1.54, 1.807) is 25.1 Å². The Morgan fingerprint density at radius 1 is 1.26 bits per heavy atom. The second-order valence-electron chi connectivity index (χ2n) is 4.68. The average molecular weight is 305 g/mol. The summed E-state index contributed by atoms with van der Waals surface area (Å²) in [5.41, 5.74) is 0.540. The predicted molar refractivity (Wildman–Crippen MR) is 78.9 cm³/mol. The van der Waals surface area contributed by atoms with Crippen molar-refractivity contribution in [2.75, 3.05) is 11.9 Å². The number of amides is 2. The van der Waals surface area contributed by atoms with Gasteiger partial charge in [0.1, 0.15) is 0 Å². The van der Waals surface area contributed by atoms with Crippen molar-refractivity contribution >= 4 is 34.9 Å². The van der Waals surface area contributed by atoms with Gasteiger partial charge in [-0.2, -0.15) is 0 Å². The molecule has 0 fully saturated rings. The van der Waals surface area contributed by atoms with Gasteiger partial charge in [0.2, 0.25) is 0 Å². The molecule has 0 aliphatic rings. The molecule has 0 saturated carbocycles. The number of anilines is 1. The molecule has 106 valence electrons. The number of aliphatic hydroxyl groups excluding tert-OH is 1. The molecular formula is C13H18Cl2N2O2. The van der Waals surface area contributed by atoms with E-state index in [9.17, 15) is 9.90 Å². The number of nitrogens with one attached hydrogen (secondary N) is 2. The van der Waals surface area contributed by atoms with Crippen molar-refractivity contribution in [1.82, 2.24) is 5.32 Å². The Balaban J connectivity index is 2.42. The van der Waals surface area contributed by atoms with Crippen LogP contribution in [0.15, 0.2) is 18.2 Å². The van der Waals surface area contributed by atoms with Crippen molar-refractivity contribution in [1.29, 1.82) is 0 Å². The summed E-state index contributed by atoms with van der Waals surface area (Å²) in [5, 5.41) is 15.5. The molecule has 0 bridgehead atoms. The van der Waals surface area contributed by atoms with Crippen LogP contribution in [-0.4, -0.2) is 23.8 Å². The Kier molecular flexibility index (Phi) is 6.42. The Labute approximate surface area is 123 Å². The average Bonchev–Trinajstić information content (AvgIpc) is 2.23. The molecule has 6 heteroatoms. The fraction of sp³-hybridized carbons (Fsp3) is 0.462. The first kappa shape index (κ1) is 16.1. The van der Waals surface area contributed by atoms with Crippen LogP contribution in [0, 0.1) is 5.92 Å². The minimum Gasteiger partial charge on any atom is -0.393 e. The first-order valence-corrected chi connectivity index (χ1v) is 6.81. The Hall–Kier alpha value is -0.970. The summed E-state index contributed by atoms with van der Waals surface area (Å²) < 4.78 is 0. The van der Waals surface area contributed by atoms with Crippen molar-refractivity contribution < 1.29 is 9.90 Å². The standard InChI is InChI=1S/C13H18Cl2N2O2/c1-8(3-9(2)18)7-16-13(19)17-12-5-10(14)4-11(15)6-12/h4-6,8-9,18H,3,7H2,1-2H3,(H2,16,17,19). The largest absolute Gasteiger partial charge is 0.393 e. The maximum Gasteiger partial charge on any atom is 0.319 e. The minimum absolute atomic E-state index is 0.202. The lowest BCUT2D eigenvalue weighted by Crippen LogP contribution is -2.33. The fourth-order valence-electron chi connectivity index (χ4n) is 1.73. The van der Waals surface area contributed by atoms with E-state index in [2.05, 4.69) is 10.6 Å². The van der Waals surface area contributed by atoms with Crippen molar-refractivity contribution in [3.63, 3.8) is 0 Å². The summed E-state index contributed by atoms with van der Waals surface area (Å²) >= 11 is 11.7. The number of benzene rings is 1. The highest BCUT2D eigenvalue weighted by atomic mass is 35.5. The van der Waals surface area contributed by atoms with Crippen LogP contribution in [0.1, 0.15) is 20.3 Å². The number of halogens is 2. The maximum absolute atomic E-state index is 11.7. The zero-order chi connectivity index (χ0) is 14.4. The first-order chi connectivity index (χ1) is 8.86. The van der Waals surface area contributed by atoms with Crippen molar-refractivity contribution in [2.24, 2.45) is 5.92 Å². The van der Waals surface area contributed by atoms with Crippen LogP contribution in [-0.2, 0) is 0 Å².